The predicted molar refractivity (Wildman–Crippen MR) is 87.3 cm³/mol. The second kappa shape index (κ2) is 7.56. The Kier molecular flexibility index (Phi) is 5.76. The Bertz CT molecular complexity index is 442. The van der Waals surface area contributed by atoms with Gasteiger partial charge in [-0.25, -0.2) is 15.8 Å². The number of anilines is 2. The quantitative estimate of drug-likeness (QED) is 0.528. The van der Waals surface area contributed by atoms with Crippen molar-refractivity contribution in [2.24, 2.45) is 5.84 Å². The average Bonchev–Trinajstić information content (AvgIpc) is 3.00. The summed E-state index contributed by atoms with van der Waals surface area (Å²) in [5.74, 6) is 7.44. The van der Waals surface area contributed by atoms with Crippen molar-refractivity contribution in [1.29, 1.82) is 0 Å². The third-order valence-electron chi connectivity index (χ3n) is 4.30. The summed E-state index contributed by atoms with van der Waals surface area (Å²) in [7, 11) is 2.22. The van der Waals surface area contributed by atoms with E-state index < -0.39 is 0 Å². The van der Waals surface area contributed by atoms with Gasteiger partial charge in [0.15, 0.2) is 0 Å². The maximum Gasteiger partial charge on any atom is 0.148 e. The fourth-order valence-corrected chi connectivity index (χ4v) is 3.08. The van der Waals surface area contributed by atoms with E-state index in [0.29, 0.717) is 11.7 Å². The summed E-state index contributed by atoms with van der Waals surface area (Å²) < 4.78 is 0. The van der Waals surface area contributed by atoms with Gasteiger partial charge >= 0.3 is 0 Å². The molecule has 0 amide bonds. The van der Waals surface area contributed by atoms with Crippen LogP contribution in [0.1, 0.15) is 51.0 Å². The molecular weight excluding hydrogens is 264 g/mol. The van der Waals surface area contributed by atoms with E-state index in [9.17, 15) is 0 Å². The molecule has 4 N–H and O–H groups in total. The van der Waals surface area contributed by atoms with Gasteiger partial charge in [-0.1, -0.05) is 26.7 Å². The van der Waals surface area contributed by atoms with Gasteiger partial charge in [0, 0.05) is 24.7 Å². The van der Waals surface area contributed by atoms with E-state index in [0.717, 1.165) is 30.5 Å². The first kappa shape index (κ1) is 16.0. The molecule has 0 bridgehead atoms. The molecule has 1 aliphatic rings. The lowest BCUT2D eigenvalue weighted by Gasteiger charge is -2.24. The van der Waals surface area contributed by atoms with Crippen LogP contribution >= 0.6 is 0 Å². The molecule has 0 spiro atoms. The molecule has 118 valence electrons. The number of likely N-dealkylation sites (N-methyl/N-ethyl adjacent to an activating group) is 1. The SMILES string of the molecule is CC(C)c1c(NN)ncnc1NCCN(C)C1CCCC1. The Labute approximate surface area is 127 Å². The number of hydrazine groups is 1. The van der Waals surface area contributed by atoms with E-state index in [-0.39, 0.29) is 0 Å². The van der Waals surface area contributed by atoms with E-state index in [1.807, 2.05) is 0 Å². The van der Waals surface area contributed by atoms with E-state index in [4.69, 9.17) is 5.84 Å². The van der Waals surface area contributed by atoms with Crippen molar-refractivity contribution in [2.75, 3.05) is 30.9 Å². The molecule has 6 nitrogen and oxygen atoms in total. The zero-order valence-electron chi connectivity index (χ0n) is 13.4. The average molecular weight is 292 g/mol. The van der Waals surface area contributed by atoms with E-state index in [2.05, 4.69) is 46.5 Å². The van der Waals surface area contributed by atoms with Crippen LogP contribution < -0.4 is 16.6 Å². The number of rotatable bonds is 7. The summed E-state index contributed by atoms with van der Waals surface area (Å²) >= 11 is 0. The molecule has 0 aliphatic heterocycles. The van der Waals surface area contributed by atoms with Gasteiger partial charge in [-0.15, -0.1) is 0 Å². The first-order valence-corrected chi connectivity index (χ1v) is 7.89. The van der Waals surface area contributed by atoms with Crippen molar-refractivity contribution >= 4 is 11.6 Å². The molecule has 0 radical (unpaired) electrons. The highest BCUT2D eigenvalue weighted by Gasteiger charge is 2.19. The zero-order valence-corrected chi connectivity index (χ0v) is 13.4. The Morgan fingerprint density at radius 2 is 1.95 bits per heavy atom. The van der Waals surface area contributed by atoms with Gasteiger partial charge in [-0.05, 0) is 25.8 Å². The largest absolute Gasteiger partial charge is 0.368 e. The van der Waals surface area contributed by atoms with Gasteiger partial charge in [-0.3, -0.25) is 0 Å². The summed E-state index contributed by atoms with van der Waals surface area (Å²) in [5.41, 5.74) is 3.70. The van der Waals surface area contributed by atoms with Gasteiger partial charge in [0.05, 0.1) is 0 Å². The van der Waals surface area contributed by atoms with Crippen LogP contribution in [0.3, 0.4) is 0 Å². The predicted octanol–water partition coefficient (Wildman–Crippen LogP) is 2.17. The standard InChI is InChI=1S/C15H28N6/c1-11(2)13-14(18-10-19-15(13)20-16)17-8-9-21(3)12-6-4-5-7-12/h10-12H,4-9,16H2,1-3H3,(H2,17,18,19,20). The highest BCUT2D eigenvalue weighted by atomic mass is 15.3. The monoisotopic (exact) mass is 292 g/mol. The van der Waals surface area contributed by atoms with E-state index in [1.165, 1.54) is 25.7 Å². The molecule has 1 saturated carbocycles. The number of nitrogens with one attached hydrogen (secondary N) is 2. The molecule has 1 aromatic heterocycles. The number of nitrogens with zero attached hydrogens (tertiary/aromatic N) is 3. The summed E-state index contributed by atoms with van der Waals surface area (Å²) in [6, 6.07) is 0.753. The van der Waals surface area contributed by atoms with Crippen LogP contribution in [0.4, 0.5) is 11.6 Å². The van der Waals surface area contributed by atoms with Crippen molar-refractivity contribution in [3.63, 3.8) is 0 Å². The maximum atomic E-state index is 5.54. The molecule has 0 unspecified atom stereocenters. The van der Waals surface area contributed by atoms with Crippen molar-refractivity contribution < 1.29 is 0 Å². The van der Waals surface area contributed by atoms with Crippen LogP contribution in [0, 0.1) is 0 Å². The number of nitrogen functional groups attached to an aromatic ring is 1. The molecule has 1 aromatic rings. The van der Waals surface area contributed by atoms with E-state index >= 15 is 0 Å². The van der Waals surface area contributed by atoms with E-state index in [1.54, 1.807) is 6.33 Å². The lowest BCUT2D eigenvalue weighted by Crippen LogP contribution is -2.33. The van der Waals surface area contributed by atoms with Crippen LogP contribution in [0.15, 0.2) is 6.33 Å². The Hall–Kier alpha value is -1.40. The van der Waals surface area contributed by atoms with Gasteiger partial charge < -0.3 is 15.6 Å². The smallest absolute Gasteiger partial charge is 0.148 e. The first-order valence-electron chi connectivity index (χ1n) is 7.89. The van der Waals surface area contributed by atoms with Crippen molar-refractivity contribution in [1.82, 2.24) is 14.9 Å². The van der Waals surface area contributed by atoms with Gasteiger partial charge in [0.1, 0.15) is 18.0 Å². The Balaban J connectivity index is 1.93. The minimum atomic E-state index is 0.312. The number of aromatic nitrogens is 2. The molecule has 21 heavy (non-hydrogen) atoms. The summed E-state index contributed by atoms with van der Waals surface area (Å²) in [6.07, 6.45) is 6.96. The highest BCUT2D eigenvalue weighted by molar-refractivity contribution is 5.58. The zero-order chi connectivity index (χ0) is 15.2. The molecule has 0 atom stereocenters. The summed E-state index contributed by atoms with van der Waals surface area (Å²) in [5, 5.41) is 3.44. The fourth-order valence-electron chi connectivity index (χ4n) is 3.08. The van der Waals surface area contributed by atoms with Crippen molar-refractivity contribution in [2.45, 2.75) is 51.5 Å². The minimum Gasteiger partial charge on any atom is -0.368 e. The second-order valence-electron chi connectivity index (χ2n) is 6.13. The molecular formula is C15H28N6. The normalized spacial score (nSPS) is 15.9. The lowest BCUT2D eigenvalue weighted by atomic mass is 10.0. The Morgan fingerprint density at radius 3 is 2.57 bits per heavy atom. The maximum absolute atomic E-state index is 5.54. The van der Waals surface area contributed by atoms with Crippen LogP contribution in [-0.2, 0) is 0 Å². The number of nitrogens with two attached hydrogens (primary N) is 1. The molecule has 2 rings (SSSR count). The van der Waals surface area contributed by atoms with Crippen molar-refractivity contribution in [3.05, 3.63) is 11.9 Å². The topological polar surface area (TPSA) is 79.1 Å². The van der Waals surface area contributed by atoms with Crippen molar-refractivity contribution in [3.8, 4) is 0 Å². The minimum absolute atomic E-state index is 0.312. The first-order chi connectivity index (χ1) is 10.1. The third-order valence-corrected chi connectivity index (χ3v) is 4.30. The van der Waals surface area contributed by atoms with Crippen LogP contribution in [0.5, 0.6) is 0 Å². The Morgan fingerprint density at radius 1 is 1.29 bits per heavy atom. The second-order valence-corrected chi connectivity index (χ2v) is 6.13. The van der Waals surface area contributed by atoms with Crippen LogP contribution in [0.25, 0.3) is 0 Å². The van der Waals surface area contributed by atoms with Gasteiger partial charge in [-0.2, -0.15) is 0 Å². The molecule has 1 aliphatic carbocycles. The molecule has 0 saturated heterocycles. The van der Waals surface area contributed by atoms with Gasteiger partial charge in [0.25, 0.3) is 0 Å². The fraction of sp³-hybridized carbons (Fsp3) is 0.733. The molecule has 0 aromatic carbocycles. The number of hydrogen-bond acceptors (Lipinski definition) is 6. The lowest BCUT2D eigenvalue weighted by molar-refractivity contribution is 0.254. The van der Waals surface area contributed by atoms with Crippen LogP contribution in [-0.4, -0.2) is 41.0 Å². The summed E-state index contributed by atoms with van der Waals surface area (Å²) in [4.78, 5) is 11.0. The molecule has 6 heteroatoms. The van der Waals surface area contributed by atoms with Gasteiger partial charge in [0.2, 0.25) is 0 Å². The summed E-state index contributed by atoms with van der Waals surface area (Å²) in [6.45, 7) is 6.15. The molecule has 1 fully saturated rings. The third kappa shape index (κ3) is 4.04. The molecule has 1 heterocycles. The van der Waals surface area contributed by atoms with Crippen LogP contribution in [0.2, 0.25) is 0 Å². The highest BCUT2D eigenvalue weighted by Crippen LogP contribution is 2.27. The number of hydrogen-bond donors (Lipinski definition) is 3.